The molecule has 0 aliphatic carbocycles. The van der Waals surface area contributed by atoms with E-state index >= 15 is 0 Å². The predicted molar refractivity (Wildman–Crippen MR) is 59.8 cm³/mol. The van der Waals surface area contributed by atoms with E-state index in [-0.39, 0.29) is 17.2 Å². The Hall–Kier alpha value is -2.58. The molecule has 0 aliphatic heterocycles. The lowest BCUT2D eigenvalue weighted by atomic mass is 10.1. The minimum Gasteiger partial charge on any atom is -0.496 e. The summed E-state index contributed by atoms with van der Waals surface area (Å²) in [5.74, 6) is -1.67. The van der Waals surface area contributed by atoms with E-state index in [2.05, 4.69) is 10.2 Å². The molecule has 0 saturated heterocycles. The molecule has 0 fully saturated rings. The fourth-order valence-corrected chi connectivity index (χ4v) is 1.48. The van der Waals surface area contributed by atoms with Crippen LogP contribution in [0.15, 0.2) is 22.6 Å². The summed E-state index contributed by atoms with van der Waals surface area (Å²) in [6.07, 6.45) is -4.53. The van der Waals surface area contributed by atoms with Crippen LogP contribution in [0.2, 0.25) is 0 Å². The fraction of sp³-hybridized carbons (Fsp3) is 0.182. The molecular formula is C11H8F3N3O3. The van der Waals surface area contributed by atoms with Crippen LogP contribution >= 0.6 is 0 Å². The molecule has 0 spiro atoms. The molecule has 0 unspecified atom stereocenters. The highest BCUT2D eigenvalue weighted by atomic mass is 19.4. The summed E-state index contributed by atoms with van der Waals surface area (Å²) in [7, 11) is 1.28. The number of nitrogens with zero attached hydrogens (tertiary/aromatic N) is 2. The summed E-state index contributed by atoms with van der Waals surface area (Å²) in [5, 5.41) is 6.81. The van der Waals surface area contributed by atoms with Crippen molar-refractivity contribution >= 4 is 5.91 Å². The summed E-state index contributed by atoms with van der Waals surface area (Å²) in [4.78, 5) is 10.8. The second-order valence-corrected chi connectivity index (χ2v) is 3.69. The van der Waals surface area contributed by atoms with E-state index in [0.29, 0.717) is 0 Å². The summed E-state index contributed by atoms with van der Waals surface area (Å²) >= 11 is 0. The van der Waals surface area contributed by atoms with Gasteiger partial charge in [-0.05, 0) is 18.2 Å². The smallest absolute Gasteiger partial charge is 0.416 e. The van der Waals surface area contributed by atoms with Gasteiger partial charge in [-0.1, -0.05) is 0 Å². The largest absolute Gasteiger partial charge is 0.496 e. The number of amides is 1. The third kappa shape index (κ3) is 2.56. The Bertz CT molecular complexity index is 652. The molecule has 0 bridgehead atoms. The first kappa shape index (κ1) is 13.8. The van der Waals surface area contributed by atoms with Gasteiger partial charge in [0, 0.05) is 0 Å². The van der Waals surface area contributed by atoms with Crippen LogP contribution in [-0.4, -0.2) is 23.2 Å². The predicted octanol–water partition coefficient (Wildman–Crippen LogP) is 1.86. The third-order valence-electron chi connectivity index (χ3n) is 2.39. The van der Waals surface area contributed by atoms with E-state index in [1.54, 1.807) is 0 Å². The number of aromatic nitrogens is 2. The third-order valence-corrected chi connectivity index (χ3v) is 2.39. The van der Waals surface area contributed by atoms with Gasteiger partial charge in [-0.3, -0.25) is 4.79 Å². The van der Waals surface area contributed by atoms with Crippen molar-refractivity contribution in [2.24, 2.45) is 5.73 Å². The monoisotopic (exact) mass is 287 g/mol. The van der Waals surface area contributed by atoms with Gasteiger partial charge in [0.25, 0.3) is 5.89 Å². The van der Waals surface area contributed by atoms with Crippen LogP contribution in [0.4, 0.5) is 13.2 Å². The topological polar surface area (TPSA) is 91.2 Å². The second kappa shape index (κ2) is 4.83. The van der Waals surface area contributed by atoms with Crippen molar-refractivity contribution in [1.29, 1.82) is 0 Å². The molecule has 2 aromatic rings. The Kier molecular flexibility index (Phi) is 3.35. The zero-order valence-electron chi connectivity index (χ0n) is 10.1. The van der Waals surface area contributed by atoms with Gasteiger partial charge in [-0.15, -0.1) is 10.2 Å². The molecule has 1 amide bonds. The number of primary amides is 1. The van der Waals surface area contributed by atoms with Gasteiger partial charge in [-0.2, -0.15) is 13.2 Å². The quantitative estimate of drug-likeness (QED) is 0.930. The fourth-order valence-electron chi connectivity index (χ4n) is 1.48. The molecule has 20 heavy (non-hydrogen) atoms. The number of hydrogen-bond donors (Lipinski definition) is 1. The average Bonchev–Trinajstić information content (AvgIpc) is 2.86. The number of nitrogens with two attached hydrogens (primary N) is 1. The SMILES string of the molecule is COc1ccc(C(F)(F)F)cc1-c1nnc(C(N)=O)o1. The molecule has 6 nitrogen and oxygen atoms in total. The van der Waals surface area contributed by atoms with Gasteiger partial charge in [0.15, 0.2) is 0 Å². The van der Waals surface area contributed by atoms with Crippen molar-refractivity contribution in [3.8, 4) is 17.2 Å². The first-order valence-electron chi connectivity index (χ1n) is 5.22. The molecule has 1 aromatic carbocycles. The van der Waals surface area contributed by atoms with Crippen LogP contribution in [-0.2, 0) is 6.18 Å². The standard InChI is InChI=1S/C11H8F3N3O3/c1-19-7-3-2-5(11(12,13)14)4-6(7)9-16-17-10(20-9)8(15)18/h2-4H,1H3,(H2,15,18). The van der Waals surface area contributed by atoms with Crippen molar-refractivity contribution in [2.45, 2.75) is 6.18 Å². The van der Waals surface area contributed by atoms with Crippen molar-refractivity contribution < 1.29 is 27.1 Å². The molecule has 106 valence electrons. The summed E-state index contributed by atoms with van der Waals surface area (Å²) < 4.78 is 47.8. The lowest BCUT2D eigenvalue weighted by Crippen LogP contribution is -2.10. The minimum atomic E-state index is -4.53. The lowest BCUT2D eigenvalue weighted by Gasteiger charge is -2.10. The van der Waals surface area contributed by atoms with Crippen LogP contribution in [0.3, 0.4) is 0 Å². The van der Waals surface area contributed by atoms with Crippen LogP contribution in [0.5, 0.6) is 5.75 Å². The van der Waals surface area contributed by atoms with E-state index in [1.807, 2.05) is 0 Å². The second-order valence-electron chi connectivity index (χ2n) is 3.69. The number of benzene rings is 1. The Morgan fingerprint density at radius 2 is 2.05 bits per heavy atom. The van der Waals surface area contributed by atoms with Crippen LogP contribution < -0.4 is 10.5 Å². The molecule has 1 aromatic heterocycles. The zero-order chi connectivity index (χ0) is 14.9. The molecular weight excluding hydrogens is 279 g/mol. The van der Waals surface area contributed by atoms with Gasteiger partial charge in [0.2, 0.25) is 0 Å². The normalized spacial score (nSPS) is 11.4. The lowest BCUT2D eigenvalue weighted by molar-refractivity contribution is -0.137. The van der Waals surface area contributed by atoms with Crippen LogP contribution in [0.25, 0.3) is 11.5 Å². The Morgan fingerprint density at radius 3 is 2.55 bits per heavy atom. The average molecular weight is 287 g/mol. The van der Waals surface area contributed by atoms with Gasteiger partial charge < -0.3 is 14.9 Å². The molecule has 1 heterocycles. The molecule has 2 N–H and O–H groups in total. The van der Waals surface area contributed by atoms with E-state index in [4.69, 9.17) is 14.9 Å². The zero-order valence-corrected chi connectivity index (χ0v) is 10.1. The van der Waals surface area contributed by atoms with Crippen molar-refractivity contribution in [3.63, 3.8) is 0 Å². The Labute approximate surface area is 110 Å². The maximum Gasteiger partial charge on any atom is 0.416 e. The first-order valence-corrected chi connectivity index (χ1v) is 5.22. The van der Waals surface area contributed by atoms with Crippen molar-refractivity contribution in [2.75, 3.05) is 7.11 Å². The highest BCUT2D eigenvalue weighted by Crippen LogP contribution is 2.36. The summed E-state index contributed by atoms with van der Waals surface area (Å²) in [6.45, 7) is 0. The van der Waals surface area contributed by atoms with Crippen molar-refractivity contribution in [3.05, 3.63) is 29.7 Å². The van der Waals surface area contributed by atoms with Crippen molar-refractivity contribution in [1.82, 2.24) is 10.2 Å². The highest BCUT2D eigenvalue weighted by Gasteiger charge is 2.32. The van der Waals surface area contributed by atoms with Gasteiger partial charge in [-0.25, -0.2) is 0 Å². The van der Waals surface area contributed by atoms with Crippen LogP contribution in [0, 0.1) is 0 Å². The van der Waals surface area contributed by atoms with Gasteiger partial charge >= 0.3 is 18.0 Å². The number of hydrogen-bond acceptors (Lipinski definition) is 5. The first-order chi connectivity index (χ1) is 9.32. The number of halogens is 3. The number of carbonyl (C=O) groups excluding carboxylic acids is 1. The highest BCUT2D eigenvalue weighted by molar-refractivity contribution is 5.88. The number of alkyl halides is 3. The van der Waals surface area contributed by atoms with E-state index in [1.165, 1.54) is 7.11 Å². The molecule has 9 heteroatoms. The Balaban J connectivity index is 2.55. The van der Waals surface area contributed by atoms with E-state index < -0.39 is 23.5 Å². The molecule has 0 saturated carbocycles. The maximum atomic E-state index is 12.7. The molecule has 0 atom stereocenters. The van der Waals surface area contributed by atoms with Gasteiger partial charge in [0.1, 0.15) is 5.75 Å². The Morgan fingerprint density at radius 1 is 1.35 bits per heavy atom. The van der Waals surface area contributed by atoms with Gasteiger partial charge in [0.05, 0.1) is 18.2 Å². The summed E-state index contributed by atoms with van der Waals surface area (Å²) in [6, 6.07) is 2.76. The number of ether oxygens (including phenoxy) is 1. The molecule has 0 aliphatic rings. The molecule has 0 radical (unpaired) electrons. The van der Waals surface area contributed by atoms with E-state index in [0.717, 1.165) is 18.2 Å². The maximum absolute atomic E-state index is 12.7. The number of carbonyl (C=O) groups is 1. The summed E-state index contributed by atoms with van der Waals surface area (Å²) in [5.41, 5.74) is 3.94. The molecule has 2 rings (SSSR count). The van der Waals surface area contributed by atoms with Crippen LogP contribution in [0.1, 0.15) is 16.2 Å². The van der Waals surface area contributed by atoms with E-state index in [9.17, 15) is 18.0 Å². The minimum absolute atomic E-state index is 0.0812. The number of rotatable bonds is 3. The number of methoxy groups -OCH3 is 1.